The Bertz CT molecular complexity index is 905. The maximum Gasteiger partial charge on any atom is 0.416 e. The topological polar surface area (TPSA) is 60.9 Å². The third-order valence-corrected chi connectivity index (χ3v) is 9.02. The first-order valence-corrected chi connectivity index (χ1v) is 12.9. The predicted octanol–water partition coefficient (Wildman–Crippen LogP) is 3.68. The van der Waals surface area contributed by atoms with Gasteiger partial charge in [0.2, 0.25) is 15.9 Å². The summed E-state index contributed by atoms with van der Waals surface area (Å²) in [4.78, 5) is 17.0. The minimum absolute atomic E-state index is 0.0252. The van der Waals surface area contributed by atoms with E-state index < -0.39 is 21.8 Å². The van der Waals surface area contributed by atoms with Crippen LogP contribution >= 0.6 is 0 Å². The van der Waals surface area contributed by atoms with Crippen LogP contribution in [0.5, 0.6) is 0 Å². The molecule has 3 rings (SSSR count). The number of benzene rings is 1. The molecule has 186 valence electrons. The molecule has 1 amide bonds. The molecule has 1 aliphatic heterocycles. The molecule has 0 bridgehead atoms. The van der Waals surface area contributed by atoms with Crippen molar-refractivity contribution in [3.05, 3.63) is 29.8 Å². The molecule has 0 spiro atoms. The van der Waals surface area contributed by atoms with Crippen LogP contribution in [0.2, 0.25) is 0 Å². The summed E-state index contributed by atoms with van der Waals surface area (Å²) in [6.07, 6.45) is 0.436. The van der Waals surface area contributed by atoms with E-state index >= 15 is 0 Å². The molecule has 0 radical (unpaired) electrons. The fraction of sp³-hybridized carbons (Fsp3) is 0.696. The third-order valence-electron chi connectivity index (χ3n) is 7.18. The van der Waals surface area contributed by atoms with Crippen molar-refractivity contribution in [2.45, 2.75) is 55.6 Å². The van der Waals surface area contributed by atoms with Crippen LogP contribution < -0.4 is 0 Å². The number of halogens is 3. The van der Waals surface area contributed by atoms with Crippen molar-refractivity contribution < 1.29 is 26.4 Å². The van der Waals surface area contributed by atoms with Gasteiger partial charge < -0.3 is 9.80 Å². The second-order valence-electron chi connectivity index (χ2n) is 9.51. The average molecular weight is 490 g/mol. The van der Waals surface area contributed by atoms with E-state index in [2.05, 4.69) is 11.9 Å². The fourth-order valence-corrected chi connectivity index (χ4v) is 6.15. The Morgan fingerprint density at radius 3 is 2.06 bits per heavy atom. The Morgan fingerprint density at radius 2 is 1.55 bits per heavy atom. The molecule has 1 heterocycles. The Morgan fingerprint density at radius 1 is 1.00 bits per heavy atom. The van der Waals surface area contributed by atoms with E-state index in [4.69, 9.17) is 0 Å². The van der Waals surface area contributed by atoms with Crippen molar-refractivity contribution in [3.63, 3.8) is 0 Å². The molecule has 6 nitrogen and oxygen atoms in total. The highest BCUT2D eigenvalue weighted by atomic mass is 32.2. The number of alkyl halides is 3. The van der Waals surface area contributed by atoms with Gasteiger partial charge in [-0.2, -0.15) is 13.2 Å². The molecule has 1 aromatic rings. The highest BCUT2D eigenvalue weighted by molar-refractivity contribution is 7.89. The summed E-state index contributed by atoms with van der Waals surface area (Å²) in [6, 6.07) is 3.87. The van der Waals surface area contributed by atoms with Crippen LogP contribution in [-0.2, 0) is 21.0 Å². The van der Waals surface area contributed by atoms with Crippen LogP contribution in [-0.4, -0.2) is 75.2 Å². The molecular weight excluding hydrogens is 455 g/mol. The summed E-state index contributed by atoms with van der Waals surface area (Å²) in [5.74, 6) is 0.286. The van der Waals surface area contributed by atoms with Crippen LogP contribution in [0.3, 0.4) is 0 Å². The molecule has 2 aliphatic rings. The van der Waals surface area contributed by atoms with Gasteiger partial charge in [-0.05, 0) is 88.8 Å². The zero-order valence-electron chi connectivity index (χ0n) is 19.5. The van der Waals surface area contributed by atoms with Crippen molar-refractivity contribution in [1.82, 2.24) is 14.1 Å². The number of hydrogen-bond acceptors (Lipinski definition) is 4. The average Bonchev–Trinajstić information content (AvgIpc) is 2.78. The predicted molar refractivity (Wildman–Crippen MR) is 120 cm³/mol. The van der Waals surface area contributed by atoms with Crippen molar-refractivity contribution in [2.75, 3.05) is 40.8 Å². The van der Waals surface area contributed by atoms with E-state index in [9.17, 15) is 26.4 Å². The lowest BCUT2D eigenvalue weighted by Crippen LogP contribution is -2.47. The van der Waals surface area contributed by atoms with Crippen LogP contribution in [0.25, 0.3) is 0 Å². The monoisotopic (exact) mass is 489 g/mol. The summed E-state index contributed by atoms with van der Waals surface area (Å²) >= 11 is 0. The standard InChI is InChI=1S/C23H34F3N3O3S/c1-27-14-12-20(13-15-27)29(3)22(30)18-6-4-17(5-7-18)16-28(2)33(31,32)21-10-8-19(9-11-21)23(24,25)26/h8-11,17-18,20H,4-7,12-16H2,1-3H3/t17-,18-. The van der Waals surface area contributed by atoms with Crippen LogP contribution in [0.15, 0.2) is 29.2 Å². The summed E-state index contributed by atoms with van der Waals surface area (Å²) in [7, 11) is 1.57. The Hall–Kier alpha value is -1.65. The third kappa shape index (κ3) is 6.27. The molecule has 0 aromatic heterocycles. The maximum absolute atomic E-state index is 13.0. The van der Waals surface area contributed by atoms with Gasteiger partial charge in [-0.1, -0.05) is 0 Å². The summed E-state index contributed by atoms with van der Waals surface area (Å²) in [5, 5.41) is 0. The van der Waals surface area contributed by atoms with E-state index in [1.165, 1.54) is 11.4 Å². The number of carbonyl (C=O) groups excluding carboxylic acids is 1. The van der Waals surface area contributed by atoms with Gasteiger partial charge in [-0.25, -0.2) is 12.7 Å². The molecule has 2 fully saturated rings. The van der Waals surface area contributed by atoms with E-state index in [0.717, 1.165) is 75.9 Å². The Balaban J connectivity index is 1.52. The Kier molecular flexibility index (Phi) is 8.11. The summed E-state index contributed by atoms with van der Waals surface area (Å²) in [5.41, 5.74) is -0.877. The highest BCUT2D eigenvalue weighted by Crippen LogP contribution is 2.33. The van der Waals surface area contributed by atoms with Crippen LogP contribution in [0, 0.1) is 11.8 Å². The second-order valence-corrected chi connectivity index (χ2v) is 11.6. The van der Waals surface area contributed by atoms with Gasteiger partial charge in [0.05, 0.1) is 10.5 Å². The molecule has 0 N–H and O–H groups in total. The smallest absolute Gasteiger partial charge is 0.342 e. The van der Waals surface area contributed by atoms with Gasteiger partial charge in [-0.3, -0.25) is 4.79 Å². The van der Waals surface area contributed by atoms with Crippen LogP contribution in [0.4, 0.5) is 13.2 Å². The van der Waals surface area contributed by atoms with Crippen molar-refractivity contribution in [2.24, 2.45) is 11.8 Å². The molecule has 1 saturated carbocycles. The number of carbonyl (C=O) groups is 1. The SMILES string of the molecule is CN1CCC(N(C)C(=O)[C@H]2CC[C@H](CN(C)S(=O)(=O)c3ccc(C(F)(F)F)cc3)CC2)CC1. The molecule has 1 aromatic carbocycles. The molecule has 0 unspecified atom stereocenters. The number of piperidine rings is 1. The molecule has 10 heteroatoms. The largest absolute Gasteiger partial charge is 0.416 e. The summed E-state index contributed by atoms with van der Waals surface area (Å²) < 4.78 is 65.1. The number of rotatable bonds is 6. The van der Waals surface area contributed by atoms with E-state index in [1.807, 2.05) is 11.9 Å². The molecule has 33 heavy (non-hydrogen) atoms. The number of likely N-dealkylation sites (tertiary alicyclic amines) is 1. The number of hydrogen-bond donors (Lipinski definition) is 0. The minimum atomic E-state index is -4.51. The van der Waals surface area contributed by atoms with Gasteiger partial charge in [0.25, 0.3) is 0 Å². The van der Waals surface area contributed by atoms with Gasteiger partial charge in [-0.15, -0.1) is 0 Å². The lowest BCUT2D eigenvalue weighted by molar-refractivity contribution is -0.139. The van der Waals surface area contributed by atoms with Crippen LogP contribution in [0.1, 0.15) is 44.1 Å². The normalized spacial score (nSPS) is 23.6. The van der Waals surface area contributed by atoms with Gasteiger partial charge >= 0.3 is 6.18 Å². The zero-order valence-corrected chi connectivity index (χ0v) is 20.3. The number of amides is 1. The first-order chi connectivity index (χ1) is 15.4. The maximum atomic E-state index is 13.0. The van der Waals surface area contributed by atoms with Gasteiger partial charge in [0.15, 0.2) is 0 Å². The lowest BCUT2D eigenvalue weighted by Gasteiger charge is -2.38. The van der Waals surface area contributed by atoms with Gasteiger partial charge in [0, 0.05) is 32.6 Å². The highest BCUT2D eigenvalue weighted by Gasteiger charge is 2.34. The van der Waals surface area contributed by atoms with Crippen molar-refractivity contribution in [1.29, 1.82) is 0 Å². The van der Waals surface area contributed by atoms with E-state index in [-0.39, 0.29) is 35.2 Å². The quantitative estimate of drug-likeness (QED) is 0.612. The first kappa shape index (κ1) is 26.0. The number of sulfonamides is 1. The summed E-state index contributed by atoms with van der Waals surface area (Å²) in [6.45, 7) is 2.28. The zero-order chi connectivity index (χ0) is 24.4. The number of nitrogens with zero attached hydrogens (tertiary/aromatic N) is 3. The minimum Gasteiger partial charge on any atom is -0.342 e. The van der Waals surface area contributed by atoms with Gasteiger partial charge in [0.1, 0.15) is 0 Å². The fourth-order valence-electron chi connectivity index (χ4n) is 4.90. The van der Waals surface area contributed by atoms with E-state index in [0.29, 0.717) is 0 Å². The first-order valence-electron chi connectivity index (χ1n) is 11.5. The molecular formula is C23H34F3N3O3S. The molecule has 1 saturated heterocycles. The Labute approximate surface area is 194 Å². The van der Waals surface area contributed by atoms with E-state index in [1.54, 1.807) is 0 Å². The molecule has 1 aliphatic carbocycles. The second kappa shape index (κ2) is 10.3. The van der Waals surface area contributed by atoms with Crippen molar-refractivity contribution in [3.8, 4) is 0 Å². The molecule has 0 atom stereocenters. The van der Waals surface area contributed by atoms with Crippen molar-refractivity contribution >= 4 is 15.9 Å². The lowest BCUT2D eigenvalue weighted by atomic mass is 9.81.